The lowest BCUT2D eigenvalue weighted by Crippen LogP contribution is -2.41. The number of nitrogens with zero attached hydrogens (tertiary/aromatic N) is 2. The Morgan fingerprint density at radius 3 is 2.42 bits per heavy atom. The van der Waals surface area contributed by atoms with Crippen LogP contribution in [0.3, 0.4) is 0 Å². The number of aromatic nitrogens is 1. The van der Waals surface area contributed by atoms with Gasteiger partial charge in [-0.25, -0.2) is 0 Å². The normalized spacial score (nSPS) is 14.7. The predicted molar refractivity (Wildman–Crippen MR) is 158 cm³/mol. The number of carbonyl (C=O) groups excluding carboxylic acids is 1. The van der Waals surface area contributed by atoms with Crippen LogP contribution in [-0.4, -0.2) is 68.5 Å². The molecule has 1 amide bonds. The summed E-state index contributed by atoms with van der Waals surface area (Å²) >= 11 is 0. The van der Waals surface area contributed by atoms with Gasteiger partial charge in [0.05, 0.1) is 26.9 Å². The van der Waals surface area contributed by atoms with Crippen LogP contribution in [0, 0.1) is 0 Å². The van der Waals surface area contributed by atoms with Crippen molar-refractivity contribution in [3.8, 4) is 11.5 Å². The molecule has 0 aliphatic carbocycles. The fourth-order valence-electron chi connectivity index (χ4n) is 5.42. The highest BCUT2D eigenvalue weighted by Gasteiger charge is 2.23. The lowest BCUT2D eigenvalue weighted by Gasteiger charge is -2.26. The van der Waals surface area contributed by atoms with Crippen LogP contribution in [0.5, 0.6) is 11.5 Å². The number of para-hydroxylation sites is 1. The lowest BCUT2D eigenvalue weighted by molar-refractivity contribution is -0.121. The van der Waals surface area contributed by atoms with Gasteiger partial charge >= 0.3 is 0 Å². The molecule has 7 nitrogen and oxygen atoms in total. The molecule has 0 spiro atoms. The van der Waals surface area contributed by atoms with Crippen molar-refractivity contribution in [1.29, 1.82) is 0 Å². The van der Waals surface area contributed by atoms with Crippen molar-refractivity contribution in [2.45, 2.75) is 25.8 Å². The molecule has 4 aromatic rings. The number of ether oxygens (including phenoxy) is 3. The van der Waals surface area contributed by atoms with Gasteiger partial charge in [0, 0.05) is 62.2 Å². The minimum absolute atomic E-state index is 0.0547. The van der Waals surface area contributed by atoms with Gasteiger partial charge < -0.3 is 24.1 Å². The fraction of sp³-hybridized carbons (Fsp3) is 0.364. The van der Waals surface area contributed by atoms with Gasteiger partial charge in [-0.1, -0.05) is 42.5 Å². The summed E-state index contributed by atoms with van der Waals surface area (Å²) in [4.78, 5) is 15.6. The van der Waals surface area contributed by atoms with Gasteiger partial charge in [-0.05, 0) is 53.9 Å². The first-order valence-corrected chi connectivity index (χ1v) is 14.1. The highest BCUT2D eigenvalue weighted by atomic mass is 16.5. The average molecular weight is 542 g/mol. The molecule has 0 bridgehead atoms. The minimum Gasteiger partial charge on any atom is -0.497 e. The topological polar surface area (TPSA) is 65.0 Å². The second-order valence-electron chi connectivity index (χ2n) is 10.1. The molecule has 1 aliphatic rings. The summed E-state index contributed by atoms with van der Waals surface area (Å²) in [5.41, 5.74) is 4.58. The Balaban J connectivity index is 1.41. The number of methoxy groups -OCH3 is 1. The van der Waals surface area contributed by atoms with Gasteiger partial charge in [0.25, 0.3) is 0 Å². The zero-order chi connectivity index (χ0) is 27.7. The number of hydrogen-bond acceptors (Lipinski definition) is 5. The maximum Gasteiger partial charge on any atom is 0.220 e. The molecule has 1 fully saturated rings. The van der Waals surface area contributed by atoms with Crippen molar-refractivity contribution < 1.29 is 19.0 Å². The summed E-state index contributed by atoms with van der Waals surface area (Å²) in [6, 6.07) is 24.8. The molecular weight excluding hydrogens is 502 g/mol. The first-order valence-electron chi connectivity index (χ1n) is 14.1. The third-order valence-corrected chi connectivity index (χ3v) is 7.54. The van der Waals surface area contributed by atoms with E-state index in [1.807, 2.05) is 31.2 Å². The number of carbonyl (C=O) groups is 1. The number of amides is 1. The fourth-order valence-corrected chi connectivity index (χ4v) is 5.42. The molecule has 0 unspecified atom stereocenters. The SMILES string of the molecule is CCOc1ccc([C@H](CC(=O)NCCN2CCOCC2)c2cn(Cc3ccc(OC)cc3)c3ccccc23)cc1. The lowest BCUT2D eigenvalue weighted by atomic mass is 9.88. The summed E-state index contributed by atoms with van der Waals surface area (Å²) in [5.74, 6) is 1.64. The van der Waals surface area contributed by atoms with Gasteiger partial charge in [-0.3, -0.25) is 9.69 Å². The van der Waals surface area contributed by atoms with Crippen molar-refractivity contribution in [1.82, 2.24) is 14.8 Å². The Labute approximate surface area is 236 Å². The number of benzene rings is 3. The van der Waals surface area contributed by atoms with E-state index in [4.69, 9.17) is 14.2 Å². The molecule has 7 heteroatoms. The molecule has 1 saturated heterocycles. The molecule has 1 N–H and O–H groups in total. The summed E-state index contributed by atoms with van der Waals surface area (Å²) < 4.78 is 18.7. The third-order valence-electron chi connectivity index (χ3n) is 7.54. The second kappa shape index (κ2) is 13.5. The number of nitrogens with one attached hydrogen (secondary N) is 1. The van der Waals surface area contributed by atoms with E-state index in [9.17, 15) is 4.79 Å². The largest absolute Gasteiger partial charge is 0.497 e. The summed E-state index contributed by atoms with van der Waals surface area (Å²) in [6.07, 6.45) is 2.59. The number of fused-ring (bicyclic) bond motifs is 1. The Kier molecular flexibility index (Phi) is 9.37. The molecule has 3 aromatic carbocycles. The van der Waals surface area contributed by atoms with E-state index in [0.717, 1.165) is 72.9 Å². The smallest absolute Gasteiger partial charge is 0.220 e. The van der Waals surface area contributed by atoms with Gasteiger partial charge in [-0.15, -0.1) is 0 Å². The quantitative estimate of drug-likeness (QED) is 0.271. The van der Waals surface area contributed by atoms with Gasteiger partial charge in [0.15, 0.2) is 0 Å². The van der Waals surface area contributed by atoms with Crippen LogP contribution < -0.4 is 14.8 Å². The molecule has 5 rings (SSSR count). The molecule has 0 saturated carbocycles. The molecule has 1 atom stereocenters. The zero-order valence-corrected chi connectivity index (χ0v) is 23.5. The molecule has 1 aromatic heterocycles. The molecule has 2 heterocycles. The summed E-state index contributed by atoms with van der Waals surface area (Å²) in [6.45, 7) is 8.15. The van der Waals surface area contributed by atoms with Crippen molar-refractivity contribution in [3.05, 3.63) is 95.7 Å². The highest BCUT2D eigenvalue weighted by Crippen LogP contribution is 2.36. The maximum atomic E-state index is 13.3. The first-order chi connectivity index (χ1) is 19.6. The zero-order valence-electron chi connectivity index (χ0n) is 23.5. The van der Waals surface area contributed by atoms with Crippen molar-refractivity contribution >= 4 is 16.8 Å². The van der Waals surface area contributed by atoms with E-state index in [1.54, 1.807) is 7.11 Å². The number of morpholine rings is 1. The summed E-state index contributed by atoms with van der Waals surface area (Å²) in [5, 5.41) is 4.34. The van der Waals surface area contributed by atoms with Crippen molar-refractivity contribution in [2.24, 2.45) is 0 Å². The Bertz CT molecular complexity index is 1380. The van der Waals surface area contributed by atoms with Crippen LogP contribution in [0.2, 0.25) is 0 Å². The highest BCUT2D eigenvalue weighted by molar-refractivity contribution is 5.86. The van der Waals surface area contributed by atoms with E-state index in [-0.39, 0.29) is 11.8 Å². The number of hydrogen-bond donors (Lipinski definition) is 1. The van der Waals surface area contributed by atoms with E-state index in [0.29, 0.717) is 19.6 Å². The molecule has 0 radical (unpaired) electrons. The van der Waals surface area contributed by atoms with E-state index in [1.165, 1.54) is 5.56 Å². The molecule has 210 valence electrons. The monoisotopic (exact) mass is 541 g/mol. The van der Waals surface area contributed by atoms with Gasteiger partial charge in [0.2, 0.25) is 5.91 Å². The average Bonchev–Trinajstić information content (AvgIpc) is 3.35. The van der Waals surface area contributed by atoms with Crippen LogP contribution in [0.15, 0.2) is 79.0 Å². The van der Waals surface area contributed by atoms with Gasteiger partial charge in [0.1, 0.15) is 11.5 Å². The van der Waals surface area contributed by atoms with Crippen LogP contribution in [0.1, 0.15) is 36.0 Å². The number of rotatable bonds is 12. The summed E-state index contributed by atoms with van der Waals surface area (Å²) in [7, 11) is 1.68. The first kappa shape index (κ1) is 27.7. The Morgan fingerprint density at radius 2 is 1.70 bits per heavy atom. The second-order valence-corrected chi connectivity index (χ2v) is 10.1. The van der Waals surface area contributed by atoms with E-state index in [2.05, 4.69) is 69.5 Å². The van der Waals surface area contributed by atoms with E-state index >= 15 is 0 Å². The van der Waals surface area contributed by atoms with Gasteiger partial charge in [-0.2, -0.15) is 0 Å². The molecular formula is C33H39N3O4. The van der Waals surface area contributed by atoms with Crippen LogP contribution in [-0.2, 0) is 16.1 Å². The standard InChI is InChI=1S/C33H39N3O4/c1-3-40-28-14-10-26(11-15-28)30(22-33(37)34-16-17-35-18-20-39-21-19-35)31-24-36(32-7-5-4-6-29(31)32)23-25-8-12-27(38-2)13-9-25/h4-15,24,30H,3,16-23H2,1-2H3,(H,34,37)/t30-/m0/s1. The van der Waals surface area contributed by atoms with Crippen molar-refractivity contribution in [2.75, 3.05) is 53.1 Å². The minimum atomic E-state index is -0.0962. The van der Waals surface area contributed by atoms with Crippen LogP contribution in [0.4, 0.5) is 0 Å². The molecule has 1 aliphatic heterocycles. The Morgan fingerprint density at radius 1 is 0.975 bits per heavy atom. The van der Waals surface area contributed by atoms with E-state index < -0.39 is 0 Å². The third kappa shape index (κ3) is 6.84. The van der Waals surface area contributed by atoms with Crippen molar-refractivity contribution in [3.63, 3.8) is 0 Å². The predicted octanol–water partition coefficient (Wildman–Crippen LogP) is 5.07. The van der Waals surface area contributed by atoms with Crippen LogP contribution in [0.25, 0.3) is 10.9 Å². The Hall–Kier alpha value is -3.81. The maximum absolute atomic E-state index is 13.3. The molecule has 40 heavy (non-hydrogen) atoms. The van der Waals surface area contributed by atoms with Crippen LogP contribution >= 0.6 is 0 Å².